The molecule has 0 N–H and O–H groups in total. The molecule has 18 heavy (non-hydrogen) atoms. The fourth-order valence-corrected chi connectivity index (χ4v) is 2.30. The van der Waals surface area contributed by atoms with Gasteiger partial charge in [-0.15, -0.1) is 0 Å². The lowest BCUT2D eigenvalue weighted by molar-refractivity contribution is -0.252. The van der Waals surface area contributed by atoms with Gasteiger partial charge in [-0.25, -0.2) is 0 Å². The van der Waals surface area contributed by atoms with E-state index in [4.69, 9.17) is 14.2 Å². The van der Waals surface area contributed by atoms with Gasteiger partial charge < -0.3 is 14.2 Å². The van der Waals surface area contributed by atoms with Crippen LogP contribution >= 0.6 is 0 Å². The van der Waals surface area contributed by atoms with Gasteiger partial charge in [0.2, 0.25) is 0 Å². The van der Waals surface area contributed by atoms with Crippen LogP contribution in [-0.4, -0.2) is 37.4 Å². The summed E-state index contributed by atoms with van der Waals surface area (Å²) in [7, 11) is 0. The summed E-state index contributed by atoms with van der Waals surface area (Å²) in [5, 5.41) is 0. The highest BCUT2D eigenvalue weighted by atomic mass is 16.7. The molecule has 0 aromatic heterocycles. The molecule has 0 aromatic carbocycles. The molecule has 1 rings (SSSR count). The van der Waals surface area contributed by atoms with E-state index in [0.29, 0.717) is 26.1 Å². The molecule has 0 aliphatic heterocycles. The second kappa shape index (κ2) is 6.85. The van der Waals surface area contributed by atoms with Crippen LogP contribution in [0.25, 0.3) is 0 Å². The molecule has 1 fully saturated rings. The zero-order valence-corrected chi connectivity index (χ0v) is 11.4. The SMILES string of the molecule is CCOC(=O)C1CC(OCC)(OCC)CCC1=O. The quantitative estimate of drug-likeness (QED) is 0.412. The molecular weight excluding hydrogens is 236 g/mol. The number of carbonyl (C=O) groups excluding carboxylic acids is 2. The van der Waals surface area contributed by atoms with Gasteiger partial charge in [0, 0.05) is 32.5 Å². The highest BCUT2D eigenvalue weighted by Crippen LogP contribution is 2.35. The van der Waals surface area contributed by atoms with Crippen molar-refractivity contribution in [2.24, 2.45) is 5.92 Å². The third-order valence-corrected chi connectivity index (χ3v) is 3.04. The Morgan fingerprint density at radius 1 is 1.22 bits per heavy atom. The topological polar surface area (TPSA) is 61.8 Å². The van der Waals surface area contributed by atoms with Gasteiger partial charge in [0.05, 0.1) is 6.61 Å². The molecule has 1 atom stereocenters. The largest absolute Gasteiger partial charge is 0.465 e. The van der Waals surface area contributed by atoms with Crippen molar-refractivity contribution in [2.75, 3.05) is 19.8 Å². The highest BCUT2D eigenvalue weighted by molar-refractivity contribution is 5.99. The van der Waals surface area contributed by atoms with Gasteiger partial charge in [-0.3, -0.25) is 9.59 Å². The van der Waals surface area contributed by atoms with Gasteiger partial charge in [0.25, 0.3) is 0 Å². The maximum Gasteiger partial charge on any atom is 0.316 e. The van der Waals surface area contributed by atoms with E-state index in [0.717, 1.165) is 0 Å². The molecule has 0 bridgehead atoms. The minimum Gasteiger partial charge on any atom is -0.465 e. The predicted molar refractivity (Wildman–Crippen MR) is 65.0 cm³/mol. The first-order chi connectivity index (χ1) is 8.58. The lowest BCUT2D eigenvalue weighted by atomic mass is 9.83. The lowest BCUT2D eigenvalue weighted by Crippen LogP contribution is -2.46. The number of Topliss-reactive ketones (excluding diaryl/α,β-unsaturated/α-hetero) is 1. The second-order valence-corrected chi connectivity index (χ2v) is 4.25. The number of rotatable bonds is 6. The van der Waals surface area contributed by atoms with Crippen molar-refractivity contribution in [3.8, 4) is 0 Å². The molecular formula is C13H22O5. The zero-order chi connectivity index (χ0) is 13.6. The van der Waals surface area contributed by atoms with Gasteiger partial charge >= 0.3 is 5.97 Å². The molecule has 0 saturated heterocycles. The Balaban J connectivity index is 2.78. The smallest absolute Gasteiger partial charge is 0.316 e. The van der Waals surface area contributed by atoms with Gasteiger partial charge in [0.15, 0.2) is 5.79 Å². The molecule has 0 spiro atoms. The van der Waals surface area contributed by atoms with Crippen molar-refractivity contribution in [1.82, 2.24) is 0 Å². The van der Waals surface area contributed by atoms with Crippen LogP contribution in [0.4, 0.5) is 0 Å². The second-order valence-electron chi connectivity index (χ2n) is 4.25. The minimum absolute atomic E-state index is 0.0801. The monoisotopic (exact) mass is 258 g/mol. The third-order valence-electron chi connectivity index (χ3n) is 3.04. The normalized spacial score (nSPS) is 22.8. The lowest BCUT2D eigenvalue weighted by Gasteiger charge is -2.38. The summed E-state index contributed by atoms with van der Waals surface area (Å²) >= 11 is 0. The van der Waals surface area contributed by atoms with E-state index in [1.165, 1.54) is 0 Å². The molecule has 0 amide bonds. The van der Waals surface area contributed by atoms with Crippen LogP contribution in [0.3, 0.4) is 0 Å². The summed E-state index contributed by atoms with van der Waals surface area (Å²) < 4.78 is 16.2. The molecule has 1 aliphatic rings. The van der Waals surface area contributed by atoms with Crippen LogP contribution < -0.4 is 0 Å². The Morgan fingerprint density at radius 3 is 2.33 bits per heavy atom. The summed E-state index contributed by atoms with van der Waals surface area (Å²) in [5.41, 5.74) is 0. The van der Waals surface area contributed by atoms with Crippen molar-refractivity contribution >= 4 is 11.8 Å². The van der Waals surface area contributed by atoms with Crippen LogP contribution in [0.15, 0.2) is 0 Å². The summed E-state index contributed by atoms with van der Waals surface area (Å²) in [5.74, 6) is -2.11. The number of esters is 1. The Labute approximate surface area is 108 Å². The van der Waals surface area contributed by atoms with E-state index in [-0.39, 0.29) is 18.8 Å². The summed E-state index contributed by atoms with van der Waals surface area (Å²) in [6.07, 6.45) is 1.05. The van der Waals surface area contributed by atoms with E-state index in [1.54, 1.807) is 6.92 Å². The number of hydrogen-bond acceptors (Lipinski definition) is 5. The van der Waals surface area contributed by atoms with E-state index in [9.17, 15) is 9.59 Å². The molecule has 104 valence electrons. The first-order valence-corrected chi connectivity index (χ1v) is 6.55. The zero-order valence-electron chi connectivity index (χ0n) is 11.4. The average Bonchev–Trinajstić information content (AvgIpc) is 2.33. The number of carbonyl (C=O) groups is 2. The summed E-state index contributed by atoms with van der Waals surface area (Å²) in [4.78, 5) is 23.5. The number of hydrogen-bond donors (Lipinski definition) is 0. The molecule has 0 aromatic rings. The molecule has 1 saturated carbocycles. The van der Waals surface area contributed by atoms with Gasteiger partial charge in [-0.2, -0.15) is 0 Å². The predicted octanol–water partition coefficient (Wildman–Crippen LogP) is 1.69. The van der Waals surface area contributed by atoms with Crippen LogP contribution in [0.1, 0.15) is 40.0 Å². The molecule has 5 heteroatoms. The first-order valence-electron chi connectivity index (χ1n) is 6.55. The first kappa shape index (κ1) is 15.1. The van der Waals surface area contributed by atoms with Gasteiger partial charge in [0.1, 0.15) is 11.7 Å². The van der Waals surface area contributed by atoms with Crippen molar-refractivity contribution in [3.05, 3.63) is 0 Å². The van der Waals surface area contributed by atoms with E-state index >= 15 is 0 Å². The molecule has 0 radical (unpaired) electrons. The summed E-state index contributed by atoms with van der Waals surface area (Å²) in [6, 6.07) is 0. The molecule has 0 heterocycles. The Kier molecular flexibility index (Phi) is 5.75. The fourth-order valence-electron chi connectivity index (χ4n) is 2.30. The van der Waals surface area contributed by atoms with Crippen LogP contribution in [0.2, 0.25) is 0 Å². The van der Waals surface area contributed by atoms with E-state index < -0.39 is 17.7 Å². The van der Waals surface area contributed by atoms with Crippen LogP contribution in [-0.2, 0) is 23.8 Å². The minimum atomic E-state index is -0.811. The number of ketones is 1. The van der Waals surface area contributed by atoms with E-state index in [1.807, 2.05) is 13.8 Å². The number of ether oxygens (including phenoxy) is 3. The maximum absolute atomic E-state index is 11.8. The molecule has 1 unspecified atom stereocenters. The van der Waals surface area contributed by atoms with Crippen molar-refractivity contribution in [3.63, 3.8) is 0 Å². The van der Waals surface area contributed by atoms with Gasteiger partial charge in [-0.1, -0.05) is 0 Å². The summed E-state index contributed by atoms with van der Waals surface area (Å²) in [6.45, 7) is 6.73. The molecule has 5 nitrogen and oxygen atoms in total. The Bertz CT molecular complexity index is 294. The standard InChI is InChI=1S/C13H22O5/c1-4-16-12(15)10-9-13(17-5-2,18-6-3)8-7-11(10)14/h10H,4-9H2,1-3H3. The van der Waals surface area contributed by atoms with Crippen LogP contribution in [0, 0.1) is 5.92 Å². The van der Waals surface area contributed by atoms with Gasteiger partial charge in [-0.05, 0) is 20.8 Å². The fraction of sp³-hybridized carbons (Fsp3) is 0.846. The Hall–Kier alpha value is -0.940. The van der Waals surface area contributed by atoms with Crippen molar-refractivity contribution < 1.29 is 23.8 Å². The van der Waals surface area contributed by atoms with Crippen LogP contribution in [0.5, 0.6) is 0 Å². The van der Waals surface area contributed by atoms with Crippen molar-refractivity contribution in [1.29, 1.82) is 0 Å². The molecule has 1 aliphatic carbocycles. The maximum atomic E-state index is 11.8. The third kappa shape index (κ3) is 3.53. The highest BCUT2D eigenvalue weighted by Gasteiger charge is 2.45. The Morgan fingerprint density at radius 2 is 1.83 bits per heavy atom. The van der Waals surface area contributed by atoms with E-state index in [2.05, 4.69) is 0 Å². The average molecular weight is 258 g/mol. The van der Waals surface area contributed by atoms with Crippen molar-refractivity contribution in [2.45, 2.75) is 45.8 Å².